The summed E-state index contributed by atoms with van der Waals surface area (Å²) in [6, 6.07) is 6.23. The van der Waals surface area contributed by atoms with Crippen LogP contribution in [0.2, 0.25) is 0 Å². The fourth-order valence-corrected chi connectivity index (χ4v) is 2.26. The third kappa shape index (κ3) is 2.85. The van der Waals surface area contributed by atoms with E-state index in [1.165, 1.54) is 5.56 Å². The quantitative estimate of drug-likeness (QED) is 0.943. The van der Waals surface area contributed by atoms with Crippen molar-refractivity contribution < 1.29 is 0 Å². The number of aryl methyl sites for hydroxylation is 2. The summed E-state index contributed by atoms with van der Waals surface area (Å²) in [4.78, 5) is 4.22. The third-order valence-electron chi connectivity index (χ3n) is 2.56. The highest BCUT2D eigenvalue weighted by Crippen LogP contribution is 2.23. The number of nitrogens with zero attached hydrogens (tertiary/aromatic N) is 3. The van der Waals surface area contributed by atoms with Crippen molar-refractivity contribution in [1.82, 2.24) is 14.8 Å². The second-order valence-corrected chi connectivity index (χ2v) is 4.68. The average Bonchev–Trinajstić information content (AvgIpc) is 2.75. The lowest BCUT2D eigenvalue weighted by Crippen LogP contribution is -2.09. The highest BCUT2D eigenvalue weighted by molar-refractivity contribution is 9.10. The number of hydrogen-bond acceptors (Lipinski definition) is 3. The van der Waals surface area contributed by atoms with Gasteiger partial charge in [-0.25, -0.2) is 9.67 Å². The fourth-order valence-electron chi connectivity index (χ4n) is 1.63. The molecule has 0 amide bonds. The molecule has 0 bridgehead atoms. The number of nitrogens with one attached hydrogen (secondary N) is 1. The van der Waals surface area contributed by atoms with Gasteiger partial charge in [0.2, 0.25) is 0 Å². The molecule has 1 aromatic heterocycles. The molecule has 0 atom stereocenters. The molecular weight excluding hydrogens is 280 g/mol. The van der Waals surface area contributed by atoms with E-state index in [4.69, 9.17) is 0 Å². The summed E-state index contributed by atoms with van der Waals surface area (Å²) in [6.07, 6.45) is 1.59. The Bertz CT molecular complexity index is 507. The van der Waals surface area contributed by atoms with E-state index in [1.807, 2.05) is 4.68 Å². The van der Waals surface area contributed by atoms with Crippen molar-refractivity contribution in [2.24, 2.45) is 0 Å². The predicted molar refractivity (Wildman–Crippen MR) is 71.9 cm³/mol. The number of hydrogen-bond donors (Lipinski definition) is 1. The first kappa shape index (κ1) is 12.1. The van der Waals surface area contributed by atoms with Gasteiger partial charge in [-0.15, -0.1) is 0 Å². The molecule has 0 spiro atoms. The molecule has 0 aliphatic rings. The van der Waals surface area contributed by atoms with Crippen molar-refractivity contribution in [2.75, 3.05) is 5.32 Å². The van der Waals surface area contributed by atoms with E-state index in [0.717, 1.165) is 22.5 Å². The van der Waals surface area contributed by atoms with Crippen molar-refractivity contribution in [3.05, 3.63) is 40.4 Å². The zero-order chi connectivity index (χ0) is 12.3. The van der Waals surface area contributed by atoms with E-state index >= 15 is 0 Å². The molecule has 17 heavy (non-hydrogen) atoms. The zero-order valence-corrected chi connectivity index (χ0v) is 11.5. The Kier molecular flexibility index (Phi) is 3.78. The van der Waals surface area contributed by atoms with E-state index < -0.39 is 0 Å². The van der Waals surface area contributed by atoms with Gasteiger partial charge < -0.3 is 5.32 Å². The van der Waals surface area contributed by atoms with E-state index in [-0.39, 0.29) is 0 Å². The fraction of sp³-hybridized carbons (Fsp3) is 0.333. The summed E-state index contributed by atoms with van der Waals surface area (Å²) in [5.41, 5.74) is 2.31. The Balaban J connectivity index is 2.07. The van der Waals surface area contributed by atoms with Gasteiger partial charge in [-0.05, 0) is 47.5 Å². The molecular formula is C12H15BrN4. The molecule has 2 rings (SSSR count). The molecule has 1 heterocycles. The Morgan fingerprint density at radius 3 is 2.94 bits per heavy atom. The summed E-state index contributed by atoms with van der Waals surface area (Å²) >= 11 is 3.54. The molecule has 1 aromatic carbocycles. The van der Waals surface area contributed by atoms with Crippen LogP contribution < -0.4 is 5.32 Å². The summed E-state index contributed by atoms with van der Waals surface area (Å²) in [6.45, 7) is 5.64. The van der Waals surface area contributed by atoms with Gasteiger partial charge >= 0.3 is 0 Å². The molecule has 1 N–H and O–H groups in total. The van der Waals surface area contributed by atoms with Crippen molar-refractivity contribution in [2.45, 2.75) is 26.9 Å². The van der Waals surface area contributed by atoms with Gasteiger partial charge in [0.05, 0.1) is 6.54 Å². The lowest BCUT2D eigenvalue weighted by atomic mass is 10.2. The number of benzene rings is 1. The molecule has 4 nitrogen and oxygen atoms in total. The van der Waals surface area contributed by atoms with Crippen molar-refractivity contribution in [3.8, 4) is 0 Å². The highest BCUT2D eigenvalue weighted by Gasteiger charge is 2.04. The SMILES string of the molecule is CCn1ncnc1CNc1ccc(C)cc1Br. The van der Waals surface area contributed by atoms with Crippen LogP contribution in [-0.2, 0) is 13.1 Å². The van der Waals surface area contributed by atoms with Crippen molar-refractivity contribution in [3.63, 3.8) is 0 Å². The minimum atomic E-state index is 0.676. The first-order valence-electron chi connectivity index (χ1n) is 5.57. The van der Waals surface area contributed by atoms with Gasteiger partial charge in [-0.3, -0.25) is 0 Å². The maximum atomic E-state index is 4.22. The van der Waals surface area contributed by atoms with Crippen LogP contribution in [0.25, 0.3) is 0 Å². The number of rotatable bonds is 4. The molecule has 0 aliphatic carbocycles. The maximum absolute atomic E-state index is 4.22. The van der Waals surface area contributed by atoms with Crippen LogP contribution in [0, 0.1) is 6.92 Å². The maximum Gasteiger partial charge on any atom is 0.146 e. The highest BCUT2D eigenvalue weighted by atomic mass is 79.9. The van der Waals surface area contributed by atoms with Gasteiger partial charge in [-0.1, -0.05) is 6.07 Å². The average molecular weight is 295 g/mol. The lowest BCUT2D eigenvalue weighted by Gasteiger charge is -2.09. The molecule has 0 saturated carbocycles. The van der Waals surface area contributed by atoms with Gasteiger partial charge in [0.1, 0.15) is 12.2 Å². The molecule has 0 saturated heterocycles. The Labute approximate surface area is 109 Å². The molecule has 5 heteroatoms. The summed E-state index contributed by atoms with van der Waals surface area (Å²) < 4.78 is 2.95. The standard InChI is InChI=1S/C12H15BrN4/c1-3-17-12(15-8-16-17)7-14-11-5-4-9(2)6-10(11)13/h4-6,8,14H,3,7H2,1-2H3. The summed E-state index contributed by atoms with van der Waals surface area (Å²) in [5.74, 6) is 0.944. The van der Waals surface area contributed by atoms with Crippen molar-refractivity contribution >= 4 is 21.6 Å². The lowest BCUT2D eigenvalue weighted by molar-refractivity contribution is 0.622. The smallest absolute Gasteiger partial charge is 0.146 e. The Hall–Kier alpha value is -1.36. The Morgan fingerprint density at radius 2 is 2.24 bits per heavy atom. The molecule has 90 valence electrons. The number of aromatic nitrogens is 3. The minimum Gasteiger partial charge on any atom is -0.377 e. The second-order valence-electron chi connectivity index (χ2n) is 3.83. The van der Waals surface area contributed by atoms with Crippen molar-refractivity contribution in [1.29, 1.82) is 0 Å². The predicted octanol–water partition coefficient (Wildman–Crippen LogP) is 2.98. The third-order valence-corrected chi connectivity index (χ3v) is 3.21. The summed E-state index contributed by atoms with van der Waals surface area (Å²) in [7, 11) is 0. The number of halogens is 1. The first-order chi connectivity index (χ1) is 8.20. The van der Waals surface area contributed by atoms with E-state index in [1.54, 1.807) is 6.33 Å². The number of anilines is 1. The van der Waals surface area contributed by atoms with Gasteiger partial charge in [0.25, 0.3) is 0 Å². The molecule has 0 radical (unpaired) electrons. The van der Waals surface area contributed by atoms with Crippen LogP contribution >= 0.6 is 15.9 Å². The molecule has 0 unspecified atom stereocenters. The van der Waals surface area contributed by atoms with Crippen LogP contribution in [0.15, 0.2) is 29.0 Å². The normalized spacial score (nSPS) is 10.5. The largest absolute Gasteiger partial charge is 0.377 e. The van der Waals surface area contributed by atoms with Gasteiger partial charge in [-0.2, -0.15) is 5.10 Å². The molecule has 0 aliphatic heterocycles. The van der Waals surface area contributed by atoms with Crippen LogP contribution in [0.4, 0.5) is 5.69 Å². The van der Waals surface area contributed by atoms with Crippen LogP contribution in [0.1, 0.15) is 18.3 Å². The Morgan fingerprint density at radius 1 is 1.41 bits per heavy atom. The summed E-state index contributed by atoms with van der Waals surface area (Å²) in [5, 5.41) is 7.48. The van der Waals surface area contributed by atoms with E-state index in [0.29, 0.717) is 6.54 Å². The molecule has 0 fully saturated rings. The van der Waals surface area contributed by atoms with Crippen LogP contribution in [-0.4, -0.2) is 14.8 Å². The topological polar surface area (TPSA) is 42.7 Å². The molecule has 2 aromatic rings. The van der Waals surface area contributed by atoms with Gasteiger partial charge in [0.15, 0.2) is 0 Å². The van der Waals surface area contributed by atoms with E-state index in [9.17, 15) is 0 Å². The first-order valence-corrected chi connectivity index (χ1v) is 6.36. The van der Waals surface area contributed by atoms with Crippen LogP contribution in [0.5, 0.6) is 0 Å². The zero-order valence-electron chi connectivity index (χ0n) is 9.94. The minimum absolute atomic E-state index is 0.676. The van der Waals surface area contributed by atoms with E-state index in [2.05, 4.69) is 63.4 Å². The van der Waals surface area contributed by atoms with Crippen LogP contribution in [0.3, 0.4) is 0 Å². The van der Waals surface area contributed by atoms with Gasteiger partial charge in [0, 0.05) is 16.7 Å². The second kappa shape index (κ2) is 5.31. The monoisotopic (exact) mass is 294 g/mol.